The second-order valence-electron chi connectivity index (χ2n) is 13.1. The van der Waals surface area contributed by atoms with Crippen LogP contribution in [0.25, 0.3) is 22.3 Å². The lowest BCUT2D eigenvalue weighted by atomic mass is 10.00. The maximum atomic E-state index is 14.8. The molecule has 0 saturated carbocycles. The summed E-state index contributed by atoms with van der Waals surface area (Å²) in [7, 11) is 0. The molecule has 2 aliphatic heterocycles. The van der Waals surface area contributed by atoms with Crippen LogP contribution in [0.3, 0.4) is 0 Å². The minimum Gasteiger partial charge on any atom is -0.394 e. The van der Waals surface area contributed by atoms with Gasteiger partial charge in [0, 0.05) is 23.0 Å². The number of aliphatic hydroxyl groups excluding tert-OH is 1. The first-order valence-corrected chi connectivity index (χ1v) is 17.5. The summed E-state index contributed by atoms with van der Waals surface area (Å²) in [6.07, 6.45) is 1.25. The van der Waals surface area contributed by atoms with E-state index >= 15 is 0 Å². The van der Waals surface area contributed by atoms with Crippen LogP contribution in [-0.2, 0) is 9.47 Å². The van der Waals surface area contributed by atoms with Crippen LogP contribution >= 0.6 is 0 Å². The Morgan fingerprint density at radius 2 is 1.11 bits per heavy atom. The van der Waals surface area contributed by atoms with Gasteiger partial charge in [-0.3, -0.25) is 18.7 Å². The lowest BCUT2D eigenvalue weighted by molar-refractivity contribution is -0.0378. The summed E-state index contributed by atoms with van der Waals surface area (Å²) in [6.45, 7) is 5.24. The quantitative estimate of drug-likeness (QED) is 0.184. The molecule has 2 fully saturated rings. The summed E-state index contributed by atoms with van der Waals surface area (Å²) >= 11 is 0. The molecule has 8 rings (SSSR count). The third-order valence-electron chi connectivity index (χ3n) is 9.73. The van der Waals surface area contributed by atoms with Crippen molar-refractivity contribution in [2.24, 2.45) is 11.8 Å². The SMILES string of the molecule is CC1[C@@H](CO)O[C@@H](n2cnc3c(NC(=O)c4ccccc4)ncnc32)[C@H]1F.CC[C@H]1O[C@@H](n2cnc3c(NC(=O)c4ccccc4)ncnc32)[C@@H](F)C1C. The van der Waals surface area contributed by atoms with Gasteiger partial charge in [-0.2, -0.15) is 0 Å². The smallest absolute Gasteiger partial charge is 0.256 e. The minimum atomic E-state index is -1.32. The molecular weight excluding hydrogens is 702 g/mol. The number of imidazole rings is 2. The third kappa shape index (κ3) is 7.00. The number of ether oxygens (including phenoxy) is 2. The van der Waals surface area contributed by atoms with Gasteiger partial charge >= 0.3 is 0 Å². The number of benzene rings is 2. The van der Waals surface area contributed by atoms with Crippen LogP contribution in [0.4, 0.5) is 20.4 Å². The zero-order valence-corrected chi connectivity index (χ0v) is 29.5. The highest BCUT2D eigenvalue weighted by Crippen LogP contribution is 2.39. The molecule has 6 heterocycles. The predicted octanol–water partition coefficient (Wildman–Crippen LogP) is 5.30. The zero-order chi connectivity index (χ0) is 37.9. The van der Waals surface area contributed by atoms with Crippen LogP contribution < -0.4 is 10.6 Å². The molecule has 2 aromatic carbocycles. The topological polar surface area (TPSA) is 184 Å². The molecule has 2 amide bonds. The molecule has 2 aliphatic rings. The van der Waals surface area contributed by atoms with Crippen molar-refractivity contribution in [3.63, 3.8) is 0 Å². The van der Waals surface area contributed by atoms with Crippen LogP contribution in [0.5, 0.6) is 0 Å². The minimum absolute atomic E-state index is 0.151. The van der Waals surface area contributed by atoms with Gasteiger partial charge in [0.25, 0.3) is 11.8 Å². The van der Waals surface area contributed by atoms with Crippen molar-refractivity contribution < 1.29 is 33.0 Å². The monoisotopic (exact) mass is 740 g/mol. The molecule has 0 radical (unpaired) electrons. The molecule has 0 bridgehead atoms. The van der Waals surface area contributed by atoms with E-state index in [2.05, 4.69) is 40.5 Å². The van der Waals surface area contributed by atoms with Crippen LogP contribution in [-0.4, -0.2) is 87.1 Å². The number of hydrogen-bond acceptors (Lipinski definition) is 11. The van der Waals surface area contributed by atoms with Crippen molar-refractivity contribution >= 4 is 45.8 Å². The number of nitrogens with zero attached hydrogens (tertiary/aromatic N) is 8. The third-order valence-corrected chi connectivity index (χ3v) is 9.73. The Morgan fingerprint density at radius 1 is 0.685 bits per heavy atom. The van der Waals surface area contributed by atoms with Crippen molar-refractivity contribution in [1.29, 1.82) is 0 Å². The number of anilines is 2. The predicted molar refractivity (Wildman–Crippen MR) is 193 cm³/mol. The van der Waals surface area contributed by atoms with Crippen LogP contribution in [0.2, 0.25) is 0 Å². The number of alkyl halides is 2. The second kappa shape index (κ2) is 15.7. The number of hydrogen-bond donors (Lipinski definition) is 3. The number of fused-ring (bicyclic) bond motifs is 2. The van der Waals surface area contributed by atoms with E-state index in [1.165, 1.54) is 29.9 Å². The summed E-state index contributed by atoms with van der Waals surface area (Å²) in [5.74, 6) is -0.799. The molecule has 2 saturated heterocycles. The van der Waals surface area contributed by atoms with Gasteiger partial charge < -0.3 is 25.2 Å². The largest absolute Gasteiger partial charge is 0.394 e. The Kier molecular flexibility index (Phi) is 10.6. The molecule has 54 heavy (non-hydrogen) atoms. The van der Waals surface area contributed by atoms with Gasteiger partial charge in [0.1, 0.15) is 12.7 Å². The normalized spacial score (nSPS) is 25.0. The van der Waals surface area contributed by atoms with Crippen molar-refractivity contribution in [2.45, 2.75) is 64.2 Å². The molecule has 280 valence electrons. The zero-order valence-electron chi connectivity index (χ0n) is 29.5. The van der Waals surface area contributed by atoms with E-state index in [9.17, 15) is 23.5 Å². The Morgan fingerprint density at radius 3 is 1.50 bits per heavy atom. The van der Waals surface area contributed by atoms with Gasteiger partial charge in [-0.25, -0.2) is 38.7 Å². The lowest BCUT2D eigenvalue weighted by Crippen LogP contribution is -2.21. The highest BCUT2D eigenvalue weighted by molar-refractivity contribution is 6.07. The number of aliphatic hydroxyl groups is 1. The van der Waals surface area contributed by atoms with E-state index in [1.54, 1.807) is 60.0 Å². The maximum Gasteiger partial charge on any atom is 0.256 e. The number of carbonyl (C=O) groups excluding carboxylic acids is 2. The van der Waals surface area contributed by atoms with Gasteiger partial charge in [-0.15, -0.1) is 0 Å². The number of aromatic nitrogens is 8. The first kappa shape index (κ1) is 36.6. The summed E-state index contributed by atoms with van der Waals surface area (Å²) < 4.78 is 43.9. The van der Waals surface area contributed by atoms with Crippen molar-refractivity contribution in [3.05, 3.63) is 97.1 Å². The number of halogens is 2. The Labute approximate surface area is 307 Å². The Balaban J connectivity index is 0.000000167. The summed E-state index contributed by atoms with van der Waals surface area (Å²) in [5.41, 5.74) is 2.47. The van der Waals surface area contributed by atoms with Crippen molar-refractivity contribution in [3.8, 4) is 0 Å². The summed E-state index contributed by atoms with van der Waals surface area (Å²) in [6, 6.07) is 17.5. The van der Waals surface area contributed by atoms with Crippen LogP contribution in [0, 0.1) is 11.8 Å². The summed E-state index contributed by atoms with van der Waals surface area (Å²) in [4.78, 5) is 49.9. The van der Waals surface area contributed by atoms with Crippen LogP contribution in [0.1, 0.15) is 60.4 Å². The van der Waals surface area contributed by atoms with E-state index in [0.717, 1.165) is 6.42 Å². The highest BCUT2D eigenvalue weighted by Gasteiger charge is 2.44. The molecule has 0 aliphatic carbocycles. The molecular formula is C37H38F2N10O5. The standard InChI is InChI=1S/C19H20FN5O2.C18H18FN5O3/c1-3-13-11(2)14(20)19(27-13)25-10-23-15-16(21-9-22-17(15)25)24-18(26)12-7-5-4-6-8-12;1-10-12(7-25)27-18(13(10)19)24-9-22-14-15(20-8-21-16(14)24)23-17(26)11-5-3-2-4-6-11/h4-11,13-14,19H,3H2,1-2H3,(H,21,22,24,26);2-6,8-10,12-13,18,25H,7H2,1H3,(H,20,21,23,26)/t11?,13-,14+,19-;10?,12-,13+,18-/m11/s1. The van der Waals surface area contributed by atoms with Crippen molar-refractivity contribution in [1.82, 2.24) is 39.0 Å². The van der Waals surface area contributed by atoms with E-state index < -0.39 is 36.8 Å². The van der Waals surface area contributed by atoms with Gasteiger partial charge in [0.05, 0.1) is 31.5 Å². The first-order chi connectivity index (χ1) is 26.2. The summed E-state index contributed by atoms with van der Waals surface area (Å²) in [5, 5.41) is 14.8. The average Bonchev–Trinajstić information content (AvgIpc) is 3.97. The van der Waals surface area contributed by atoms with Gasteiger partial charge in [0.2, 0.25) is 0 Å². The maximum absolute atomic E-state index is 14.8. The first-order valence-electron chi connectivity index (χ1n) is 17.5. The van der Waals surface area contributed by atoms with Gasteiger partial charge in [-0.05, 0) is 30.7 Å². The van der Waals surface area contributed by atoms with E-state index in [1.807, 2.05) is 26.0 Å². The molecule has 6 aromatic rings. The number of amides is 2. The fraction of sp³-hybridized carbons (Fsp3) is 0.351. The molecule has 0 spiro atoms. The van der Waals surface area contributed by atoms with E-state index in [0.29, 0.717) is 33.5 Å². The molecule has 3 N–H and O–H groups in total. The fourth-order valence-corrected chi connectivity index (χ4v) is 6.60. The lowest BCUT2D eigenvalue weighted by Gasteiger charge is -2.15. The van der Waals surface area contributed by atoms with Crippen molar-refractivity contribution in [2.75, 3.05) is 17.2 Å². The molecule has 2 unspecified atom stereocenters. The molecule has 4 aromatic heterocycles. The highest BCUT2D eigenvalue weighted by atomic mass is 19.1. The Hall–Kier alpha value is -5.78. The van der Waals surface area contributed by atoms with Gasteiger partial charge in [-0.1, -0.05) is 57.2 Å². The molecule has 17 heteroatoms. The number of nitrogens with one attached hydrogen (secondary N) is 2. The van der Waals surface area contributed by atoms with Gasteiger partial charge in [0.15, 0.2) is 58.8 Å². The number of carbonyl (C=O) groups is 2. The molecule has 15 nitrogen and oxygen atoms in total. The van der Waals surface area contributed by atoms with E-state index in [-0.39, 0.29) is 42.1 Å². The fourth-order valence-electron chi connectivity index (χ4n) is 6.60. The second-order valence-corrected chi connectivity index (χ2v) is 13.1. The van der Waals surface area contributed by atoms with E-state index in [4.69, 9.17) is 9.47 Å². The van der Waals surface area contributed by atoms with Crippen LogP contribution in [0.15, 0.2) is 86.0 Å². The number of rotatable bonds is 8. The molecule has 8 atom stereocenters. The Bertz CT molecular complexity index is 2080. The average molecular weight is 741 g/mol.